The third kappa shape index (κ3) is 8.61. The summed E-state index contributed by atoms with van der Waals surface area (Å²) in [5.41, 5.74) is 7.63. The summed E-state index contributed by atoms with van der Waals surface area (Å²) in [6, 6.07) is 20.1. The van der Waals surface area contributed by atoms with Gasteiger partial charge in [0.25, 0.3) is 0 Å². The largest absolute Gasteiger partial charge is 0.357 e. The number of benzene rings is 2. The summed E-state index contributed by atoms with van der Waals surface area (Å²) in [6.45, 7) is 1.35. The number of thiocarbonyl (C=S) groups is 1. The molecule has 0 aliphatic heterocycles. The van der Waals surface area contributed by atoms with Crippen LogP contribution < -0.4 is 21.5 Å². The molecule has 0 saturated heterocycles. The van der Waals surface area contributed by atoms with Crippen molar-refractivity contribution >= 4 is 42.4 Å². The van der Waals surface area contributed by atoms with Crippen LogP contribution in [0.4, 0.5) is 0 Å². The Morgan fingerprint density at radius 1 is 0.923 bits per heavy atom. The van der Waals surface area contributed by atoms with Gasteiger partial charge in [0.1, 0.15) is 5.50 Å². The van der Waals surface area contributed by atoms with Gasteiger partial charge < -0.3 is 5.32 Å². The molecule has 0 radical (unpaired) electrons. The molecule has 8 heteroatoms. The molecule has 4 N–H and O–H groups in total. The molecule has 1 unspecified atom stereocenters. The molecule has 2 rings (SSSR count). The van der Waals surface area contributed by atoms with Crippen LogP contribution in [0.5, 0.6) is 0 Å². The van der Waals surface area contributed by atoms with Gasteiger partial charge in [-0.05, 0) is 23.3 Å². The second-order valence-corrected chi connectivity index (χ2v) is 6.16. The van der Waals surface area contributed by atoms with E-state index in [0.717, 1.165) is 5.56 Å². The molecule has 0 aliphatic carbocycles. The van der Waals surface area contributed by atoms with E-state index in [1.54, 1.807) is 0 Å². The Hall–Kier alpha value is -2.42. The van der Waals surface area contributed by atoms with Crippen LogP contribution in [0.15, 0.2) is 70.9 Å². The van der Waals surface area contributed by atoms with Gasteiger partial charge in [0.2, 0.25) is 0 Å². The standard InChI is InChI=1S/C18H22N6S2/c25-17(19-13-15-7-3-1-4-8-15)23-21-11-12-22-24-18(26)20-14-16-9-5-2-6-10-16/h1-12,17,19,23,25H,13-14H2,(H2,20,24,26)/b21-11+,22-12+. The summed E-state index contributed by atoms with van der Waals surface area (Å²) in [6.07, 6.45) is 3.02. The van der Waals surface area contributed by atoms with Crippen molar-refractivity contribution in [2.75, 3.05) is 0 Å². The zero-order valence-electron chi connectivity index (χ0n) is 14.2. The molecule has 2 aromatic rings. The fourth-order valence-electron chi connectivity index (χ4n) is 1.95. The second kappa shape index (κ2) is 12.0. The lowest BCUT2D eigenvalue weighted by molar-refractivity contribution is 0.566. The fraction of sp³-hybridized carbons (Fsp3) is 0.167. The minimum absolute atomic E-state index is 0.263. The lowest BCUT2D eigenvalue weighted by Gasteiger charge is -2.12. The minimum Gasteiger partial charge on any atom is -0.357 e. The molecule has 26 heavy (non-hydrogen) atoms. The van der Waals surface area contributed by atoms with Crippen molar-refractivity contribution in [1.29, 1.82) is 0 Å². The molecule has 6 nitrogen and oxygen atoms in total. The maximum absolute atomic E-state index is 5.14. The lowest BCUT2D eigenvalue weighted by atomic mass is 10.2. The SMILES string of the molecule is S=C(NCc1ccccc1)N/N=C/C=N/NC(S)NCc1ccccc1. The van der Waals surface area contributed by atoms with Crippen molar-refractivity contribution in [3.05, 3.63) is 71.8 Å². The third-order valence-corrected chi connectivity index (χ3v) is 3.75. The molecule has 0 spiro atoms. The van der Waals surface area contributed by atoms with E-state index < -0.39 is 0 Å². The predicted octanol–water partition coefficient (Wildman–Crippen LogP) is 2.22. The van der Waals surface area contributed by atoms with Gasteiger partial charge in [-0.2, -0.15) is 10.2 Å². The van der Waals surface area contributed by atoms with E-state index in [4.69, 9.17) is 12.2 Å². The van der Waals surface area contributed by atoms with E-state index >= 15 is 0 Å². The van der Waals surface area contributed by atoms with Crippen LogP contribution in [-0.4, -0.2) is 23.0 Å². The highest BCUT2D eigenvalue weighted by Crippen LogP contribution is 1.98. The number of hydrogen-bond donors (Lipinski definition) is 5. The maximum Gasteiger partial charge on any atom is 0.187 e. The molecule has 0 heterocycles. The molecule has 136 valence electrons. The summed E-state index contributed by atoms with van der Waals surface area (Å²) in [5.74, 6) is 0. The molecule has 0 aliphatic rings. The average molecular weight is 387 g/mol. The van der Waals surface area contributed by atoms with Gasteiger partial charge in [0, 0.05) is 13.1 Å². The van der Waals surface area contributed by atoms with Crippen LogP contribution >= 0.6 is 24.8 Å². The van der Waals surface area contributed by atoms with Crippen molar-refractivity contribution in [2.45, 2.75) is 18.6 Å². The van der Waals surface area contributed by atoms with Crippen LogP contribution in [0.25, 0.3) is 0 Å². The quantitative estimate of drug-likeness (QED) is 0.150. The highest BCUT2D eigenvalue weighted by molar-refractivity contribution is 7.80. The van der Waals surface area contributed by atoms with E-state index in [9.17, 15) is 0 Å². The van der Waals surface area contributed by atoms with Gasteiger partial charge >= 0.3 is 0 Å². The highest BCUT2D eigenvalue weighted by atomic mass is 32.1. The van der Waals surface area contributed by atoms with Crippen LogP contribution in [-0.2, 0) is 13.1 Å². The second-order valence-electron chi connectivity index (χ2n) is 5.23. The number of nitrogens with zero attached hydrogens (tertiary/aromatic N) is 2. The Bertz CT molecular complexity index is 706. The molecule has 0 amide bonds. The maximum atomic E-state index is 5.14. The number of hydrogen-bond acceptors (Lipinski definition) is 6. The molecule has 2 aromatic carbocycles. The van der Waals surface area contributed by atoms with Gasteiger partial charge in [0.15, 0.2) is 5.11 Å². The molecule has 0 bridgehead atoms. The highest BCUT2D eigenvalue weighted by Gasteiger charge is 1.98. The molecular formula is C18H22N6S2. The summed E-state index contributed by atoms with van der Waals surface area (Å²) in [4.78, 5) is 0. The van der Waals surface area contributed by atoms with Crippen molar-refractivity contribution in [1.82, 2.24) is 21.5 Å². The number of thiol groups is 1. The minimum atomic E-state index is -0.263. The molecular weight excluding hydrogens is 364 g/mol. The van der Waals surface area contributed by atoms with E-state index in [-0.39, 0.29) is 5.50 Å². The summed E-state index contributed by atoms with van der Waals surface area (Å²) in [7, 11) is 0. The summed E-state index contributed by atoms with van der Waals surface area (Å²) in [5, 5.41) is 14.7. The zero-order chi connectivity index (χ0) is 18.5. The van der Waals surface area contributed by atoms with Gasteiger partial charge in [-0.3, -0.25) is 16.2 Å². The fourth-order valence-corrected chi connectivity index (χ4v) is 2.23. The Morgan fingerprint density at radius 2 is 1.50 bits per heavy atom. The Kier molecular flexibility index (Phi) is 9.20. The van der Waals surface area contributed by atoms with Gasteiger partial charge in [-0.25, -0.2) is 0 Å². The van der Waals surface area contributed by atoms with Gasteiger partial charge in [0.05, 0.1) is 12.4 Å². The first-order chi connectivity index (χ1) is 12.7. The van der Waals surface area contributed by atoms with E-state index in [1.165, 1.54) is 18.0 Å². The smallest absolute Gasteiger partial charge is 0.187 e. The average Bonchev–Trinajstić information content (AvgIpc) is 2.69. The number of nitrogens with one attached hydrogen (secondary N) is 4. The van der Waals surface area contributed by atoms with Crippen LogP contribution in [0.1, 0.15) is 11.1 Å². The van der Waals surface area contributed by atoms with Crippen molar-refractivity contribution in [3.63, 3.8) is 0 Å². The van der Waals surface area contributed by atoms with Crippen LogP contribution in [0.2, 0.25) is 0 Å². The first kappa shape index (κ1) is 19.9. The lowest BCUT2D eigenvalue weighted by Crippen LogP contribution is -2.34. The molecule has 1 atom stereocenters. The van der Waals surface area contributed by atoms with E-state index in [0.29, 0.717) is 18.2 Å². The summed E-state index contributed by atoms with van der Waals surface area (Å²) >= 11 is 9.49. The van der Waals surface area contributed by atoms with Gasteiger partial charge in [-0.1, -0.05) is 60.7 Å². The normalized spacial score (nSPS) is 12.2. The molecule has 0 aromatic heterocycles. The first-order valence-electron chi connectivity index (χ1n) is 8.07. The molecule has 0 saturated carbocycles. The Morgan fingerprint density at radius 3 is 2.15 bits per heavy atom. The number of rotatable bonds is 9. The third-order valence-electron chi connectivity index (χ3n) is 3.22. The first-order valence-corrected chi connectivity index (χ1v) is 9.00. The number of hydrazone groups is 2. The Labute approximate surface area is 164 Å². The van der Waals surface area contributed by atoms with Crippen LogP contribution in [0.3, 0.4) is 0 Å². The predicted molar refractivity (Wildman–Crippen MR) is 115 cm³/mol. The van der Waals surface area contributed by atoms with Gasteiger partial charge in [-0.15, -0.1) is 12.6 Å². The van der Waals surface area contributed by atoms with Crippen LogP contribution in [0, 0.1) is 0 Å². The molecule has 0 fully saturated rings. The van der Waals surface area contributed by atoms with Crippen molar-refractivity contribution in [3.8, 4) is 0 Å². The van der Waals surface area contributed by atoms with Crippen molar-refractivity contribution < 1.29 is 0 Å². The monoisotopic (exact) mass is 386 g/mol. The van der Waals surface area contributed by atoms with E-state index in [2.05, 4.69) is 44.3 Å². The summed E-state index contributed by atoms with van der Waals surface area (Å²) < 4.78 is 0. The zero-order valence-corrected chi connectivity index (χ0v) is 15.9. The Balaban J connectivity index is 1.56. The topological polar surface area (TPSA) is 72.8 Å². The van der Waals surface area contributed by atoms with Crippen molar-refractivity contribution in [2.24, 2.45) is 10.2 Å². The van der Waals surface area contributed by atoms with E-state index in [1.807, 2.05) is 60.7 Å².